The first-order chi connectivity index (χ1) is 15.3. The number of hydrogen-bond donors (Lipinski definition) is 1. The molecule has 3 heterocycles. The highest BCUT2D eigenvalue weighted by Crippen LogP contribution is 2.33. The van der Waals surface area contributed by atoms with Gasteiger partial charge in [0.15, 0.2) is 0 Å². The van der Waals surface area contributed by atoms with Crippen molar-refractivity contribution in [3.8, 4) is 16.9 Å². The molecule has 1 unspecified atom stereocenters. The van der Waals surface area contributed by atoms with E-state index < -0.39 is 12.3 Å². The summed E-state index contributed by atoms with van der Waals surface area (Å²) in [5.74, 6) is 0.576. The second kappa shape index (κ2) is 8.86. The largest absolute Gasteiger partial charge is 0.573 e. The van der Waals surface area contributed by atoms with Gasteiger partial charge in [0.25, 0.3) is 5.91 Å². The molecule has 32 heavy (non-hydrogen) atoms. The Labute approximate surface area is 183 Å². The van der Waals surface area contributed by atoms with Crippen LogP contribution in [0.15, 0.2) is 61.1 Å². The molecule has 6 nitrogen and oxygen atoms in total. The van der Waals surface area contributed by atoms with Gasteiger partial charge in [-0.25, -0.2) is 4.98 Å². The van der Waals surface area contributed by atoms with E-state index in [1.54, 1.807) is 18.5 Å². The fourth-order valence-corrected chi connectivity index (χ4v) is 3.64. The normalized spacial score (nSPS) is 16.1. The third kappa shape index (κ3) is 5.16. The molecule has 0 aliphatic carbocycles. The van der Waals surface area contributed by atoms with Gasteiger partial charge < -0.3 is 15.0 Å². The van der Waals surface area contributed by atoms with Gasteiger partial charge in [-0.3, -0.25) is 9.78 Å². The van der Waals surface area contributed by atoms with Gasteiger partial charge in [-0.15, -0.1) is 13.2 Å². The first kappa shape index (κ1) is 21.6. The summed E-state index contributed by atoms with van der Waals surface area (Å²) >= 11 is 0. The standard InChI is InChI=1S/C23H21F3N4O2/c1-15-8-10-30(14-15)21-20(16-3-2-9-27-12-16)11-17(13-28-21)22(31)29-18-4-6-19(7-5-18)32-23(24,25)26/h2-7,9,11-13,15H,8,10,14H2,1H3,(H,29,31). The molecule has 0 bridgehead atoms. The van der Waals surface area contributed by atoms with Gasteiger partial charge in [0.2, 0.25) is 0 Å². The topological polar surface area (TPSA) is 67.4 Å². The highest BCUT2D eigenvalue weighted by atomic mass is 19.4. The number of nitrogens with one attached hydrogen (secondary N) is 1. The molecule has 1 aliphatic heterocycles. The van der Waals surface area contributed by atoms with Crippen molar-refractivity contribution in [1.29, 1.82) is 0 Å². The lowest BCUT2D eigenvalue weighted by molar-refractivity contribution is -0.274. The lowest BCUT2D eigenvalue weighted by Gasteiger charge is -2.21. The first-order valence-electron chi connectivity index (χ1n) is 10.1. The van der Waals surface area contributed by atoms with E-state index in [2.05, 4.69) is 31.8 Å². The lowest BCUT2D eigenvalue weighted by Crippen LogP contribution is -2.22. The number of halogens is 3. The van der Waals surface area contributed by atoms with Crippen LogP contribution >= 0.6 is 0 Å². The van der Waals surface area contributed by atoms with Crippen molar-refractivity contribution < 1.29 is 22.7 Å². The number of carbonyl (C=O) groups is 1. The summed E-state index contributed by atoms with van der Waals surface area (Å²) in [7, 11) is 0. The van der Waals surface area contributed by atoms with Crippen molar-refractivity contribution in [3.63, 3.8) is 0 Å². The molecule has 1 fully saturated rings. The molecule has 1 aromatic carbocycles. The Morgan fingerprint density at radius 1 is 1.19 bits per heavy atom. The maximum atomic E-state index is 12.8. The Kier molecular flexibility index (Phi) is 5.98. The number of pyridine rings is 2. The fourth-order valence-electron chi connectivity index (χ4n) is 3.64. The van der Waals surface area contributed by atoms with Crippen molar-refractivity contribution >= 4 is 17.4 Å². The minimum absolute atomic E-state index is 0.329. The van der Waals surface area contributed by atoms with E-state index in [0.29, 0.717) is 17.2 Å². The zero-order chi connectivity index (χ0) is 22.7. The van der Waals surface area contributed by atoms with Gasteiger partial charge in [-0.2, -0.15) is 0 Å². The molecule has 4 rings (SSSR count). The maximum Gasteiger partial charge on any atom is 0.573 e. The molecule has 1 N–H and O–H groups in total. The van der Waals surface area contributed by atoms with Crippen LogP contribution in [-0.2, 0) is 0 Å². The number of benzene rings is 1. The molecule has 9 heteroatoms. The van der Waals surface area contributed by atoms with Crippen LogP contribution in [0.25, 0.3) is 11.1 Å². The summed E-state index contributed by atoms with van der Waals surface area (Å²) in [4.78, 5) is 23.8. The van der Waals surface area contributed by atoms with Gasteiger partial charge in [-0.05, 0) is 48.7 Å². The SMILES string of the molecule is CC1CCN(c2ncc(C(=O)Nc3ccc(OC(F)(F)F)cc3)cc2-c2cccnc2)C1. The predicted molar refractivity (Wildman–Crippen MR) is 115 cm³/mol. The zero-order valence-electron chi connectivity index (χ0n) is 17.3. The summed E-state index contributed by atoms with van der Waals surface area (Å²) in [5, 5.41) is 2.68. The van der Waals surface area contributed by atoms with Crippen molar-refractivity contribution in [2.75, 3.05) is 23.3 Å². The molecule has 0 radical (unpaired) electrons. The maximum absolute atomic E-state index is 12.8. The number of amides is 1. The molecule has 166 valence electrons. The summed E-state index contributed by atoms with van der Waals surface area (Å²) in [6, 6.07) is 10.5. The van der Waals surface area contributed by atoms with Crippen LogP contribution in [-0.4, -0.2) is 35.3 Å². The van der Waals surface area contributed by atoms with E-state index in [-0.39, 0.29) is 5.75 Å². The van der Waals surface area contributed by atoms with Crippen LogP contribution < -0.4 is 15.0 Å². The second-order valence-electron chi connectivity index (χ2n) is 7.70. The van der Waals surface area contributed by atoms with Gasteiger partial charge in [0.05, 0.1) is 5.56 Å². The van der Waals surface area contributed by atoms with Crippen LogP contribution in [0.3, 0.4) is 0 Å². The average molecular weight is 442 g/mol. The summed E-state index contributed by atoms with van der Waals surface area (Å²) in [6.45, 7) is 3.97. The molecular formula is C23H21F3N4O2. The van der Waals surface area contributed by atoms with Crippen LogP contribution in [0.2, 0.25) is 0 Å². The molecule has 0 saturated carbocycles. The molecule has 1 atom stereocenters. The van der Waals surface area contributed by atoms with Gasteiger partial charge in [0.1, 0.15) is 11.6 Å². The van der Waals surface area contributed by atoms with E-state index in [0.717, 1.165) is 48.6 Å². The predicted octanol–water partition coefficient (Wildman–Crippen LogP) is 5.14. The number of aromatic nitrogens is 2. The smallest absolute Gasteiger partial charge is 0.406 e. The van der Waals surface area contributed by atoms with Gasteiger partial charge in [0, 0.05) is 48.5 Å². The van der Waals surface area contributed by atoms with Crippen molar-refractivity contribution in [2.45, 2.75) is 19.7 Å². The average Bonchev–Trinajstić information content (AvgIpc) is 3.20. The fraction of sp³-hybridized carbons (Fsp3) is 0.261. The Balaban J connectivity index is 1.57. The molecule has 1 amide bonds. The quantitative estimate of drug-likeness (QED) is 0.593. The monoisotopic (exact) mass is 442 g/mol. The number of anilines is 2. The number of hydrogen-bond acceptors (Lipinski definition) is 5. The molecule has 1 aliphatic rings. The number of alkyl halides is 3. The second-order valence-corrected chi connectivity index (χ2v) is 7.70. The number of rotatable bonds is 5. The molecule has 3 aromatic rings. The van der Waals surface area contributed by atoms with Gasteiger partial charge >= 0.3 is 6.36 Å². The van der Waals surface area contributed by atoms with E-state index >= 15 is 0 Å². The van der Waals surface area contributed by atoms with Crippen molar-refractivity contribution in [1.82, 2.24) is 9.97 Å². The third-order valence-corrected chi connectivity index (χ3v) is 5.17. The summed E-state index contributed by atoms with van der Waals surface area (Å²) < 4.78 is 40.8. The minimum Gasteiger partial charge on any atom is -0.406 e. The zero-order valence-corrected chi connectivity index (χ0v) is 17.3. The number of carbonyl (C=O) groups excluding carboxylic acids is 1. The van der Waals surface area contributed by atoms with Crippen LogP contribution in [0, 0.1) is 5.92 Å². The van der Waals surface area contributed by atoms with Gasteiger partial charge in [-0.1, -0.05) is 13.0 Å². The lowest BCUT2D eigenvalue weighted by atomic mass is 10.1. The van der Waals surface area contributed by atoms with Crippen molar-refractivity contribution in [2.24, 2.45) is 5.92 Å². The Bertz CT molecular complexity index is 1090. The van der Waals surface area contributed by atoms with E-state index in [4.69, 9.17) is 0 Å². The Morgan fingerprint density at radius 2 is 1.97 bits per heavy atom. The van der Waals surface area contributed by atoms with Crippen LogP contribution in [0.5, 0.6) is 5.75 Å². The molecule has 1 saturated heterocycles. The van der Waals surface area contributed by atoms with Crippen molar-refractivity contribution in [3.05, 3.63) is 66.6 Å². The van der Waals surface area contributed by atoms with E-state index in [1.165, 1.54) is 18.3 Å². The Hall–Kier alpha value is -3.62. The molecule has 0 spiro atoms. The number of nitrogens with zero attached hydrogens (tertiary/aromatic N) is 3. The minimum atomic E-state index is -4.77. The van der Waals surface area contributed by atoms with E-state index in [9.17, 15) is 18.0 Å². The molecular weight excluding hydrogens is 421 g/mol. The highest BCUT2D eigenvalue weighted by molar-refractivity contribution is 6.05. The van der Waals surface area contributed by atoms with E-state index in [1.807, 2.05) is 12.1 Å². The highest BCUT2D eigenvalue weighted by Gasteiger charge is 2.31. The summed E-state index contributed by atoms with van der Waals surface area (Å²) in [6.07, 6.45) is 1.21. The summed E-state index contributed by atoms with van der Waals surface area (Å²) in [5.41, 5.74) is 2.31. The molecule has 2 aromatic heterocycles. The Morgan fingerprint density at radius 3 is 2.59 bits per heavy atom. The van der Waals surface area contributed by atoms with Crippen LogP contribution in [0.4, 0.5) is 24.7 Å². The number of ether oxygens (including phenoxy) is 1. The van der Waals surface area contributed by atoms with Crippen LogP contribution in [0.1, 0.15) is 23.7 Å². The first-order valence-corrected chi connectivity index (χ1v) is 10.1. The third-order valence-electron chi connectivity index (χ3n) is 5.17.